The second kappa shape index (κ2) is 12.9. The summed E-state index contributed by atoms with van der Waals surface area (Å²) in [5.41, 5.74) is 0. The fourth-order valence-corrected chi connectivity index (χ4v) is 4.63. The van der Waals surface area contributed by atoms with Crippen LogP contribution in [0.4, 0.5) is 5.00 Å². The topological polar surface area (TPSA) is 46.1 Å². The highest BCUT2D eigenvalue weighted by Crippen LogP contribution is 2.24. The summed E-state index contributed by atoms with van der Waals surface area (Å²) in [4.78, 5) is 12.4. The molecule has 0 bridgehead atoms. The van der Waals surface area contributed by atoms with Crippen molar-refractivity contribution in [2.24, 2.45) is 4.99 Å². The van der Waals surface area contributed by atoms with Gasteiger partial charge < -0.3 is 20.4 Å². The lowest BCUT2D eigenvalue weighted by Crippen LogP contribution is -2.49. The number of nitrogens with zero attached hydrogens (tertiary/aromatic N) is 4. The zero-order chi connectivity index (χ0) is 18.9. The van der Waals surface area contributed by atoms with Crippen LogP contribution in [0.3, 0.4) is 0 Å². The molecule has 0 aromatic carbocycles. The molecule has 0 atom stereocenters. The van der Waals surface area contributed by atoms with Crippen LogP contribution in [0.25, 0.3) is 0 Å². The van der Waals surface area contributed by atoms with Gasteiger partial charge in [-0.05, 0) is 43.8 Å². The maximum absolute atomic E-state index is 4.84. The number of aliphatic imine (C=N–C) groups is 1. The summed E-state index contributed by atoms with van der Waals surface area (Å²) < 4.78 is 0. The van der Waals surface area contributed by atoms with E-state index in [1.54, 1.807) is 0 Å². The number of hydrogen-bond acceptors (Lipinski definition) is 5. The highest BCUT2D eigenvalue weighted by molar-refractivity contribution is 14.0. The maximum atomic E-state index is 4.84. The number of thiophene rings is 1. The predicted octanol–water partition coefficient (Wildman–Crippen LogP) is 2.53. The van der Waals surface area contributed by atoms with Crippen molar-refractivity contribution in [3.8, 4) is 0 Å². The zero-order valence-corrected chi connectivity index (χ0v) is 20.5. The van der Waals surface area contributed by atoms with Crippen LogP contribution < -0.4 is 15.5 Å². The molecule has 28 heavy (non-hydrogen) atoms. The number of rotatable bonds is 7. The monoisotopic (exact) mass is 520 g/mol. The molecule has 2 aliphatic heterocycles. The van der Waals surface area contributed by atoms with Gasteiger partial charge in [0.25, 0.3) is 0 Å². The fraction of sp³-hybridized carbons (Fsp3) is 0.750. The molecule has 160 valence electrons. The first-order chi connectivity index (χ1) is 13.3. The molecule has 1 aromatic heterocycles. The van der Waals surface area contributed by atoms with Crippen molar-refractivity contribution < 1.29 is 0 Å². The molecule has 6 nitrogen and oxygen atoms in total. The van der Waals surface area contributed by atoms with Gasteiger partial charge in [-0.3, -0.25) is 9.89 Å². The number of hydrogen-bond donors (Lipinski definition) is 2. The maximum Gasteiger partial charge on any atom is 0.191 e. The average Bonchev–Trinajstić information content (AvgIpc) is 3.24. The van der Waals surface area contributed by atoms with Gasteiger partial charge in [0.2, 0.25) is 0 Å². The largest absolute Gasteiger partial charge is 0.363 e. The second-order valence-corrected chi connectivity index (χ2v) is 8.32. The van der Waals surface area contributed by atoms with Gasteiger partial charge in [-0.2, -0.15) is 0 Å². The van der Waals surface area contributed by atoms with Gasteiger partial charge in [-0.15, -0.1) is 35.3 Å². The van der Waals surface area contributed by atoms with Crippen molar-refractivity contribution >= 4 is 46.3 Å². The van der Waals surface area contributed by atoms with Gasteiger partial charge in [0, 0.05) is 58.4 Å². The molecule has 3 rings (SSSR count). The number of piperazine rings is 1. The molecular formula is C20H37IN6S. The molecule has 0 saturated carbocycles. The van der Waals surface area contributed by atoms with Gasteiger partial charge in [-0.1, -0.05) is 6.92 Å². The Morgan fingerprint density at radius 3 is 2.43 bits per heavy atom. The minimum Gasteiger partial charge on any atom is -0.363 e. The van der Waals surface area contributed by atoms with Crippen molar-refractivity contribution in [1.82, 2.24) is 20.4 Å². The van der Waals surface area contributed by atoms with E-state index in [2.05, 4.69) is 56.7 Å². The molecule has 0 radical (unpaired) electrons. The SMILES string of the molecule is CCNC(=NCCN1CCN(CC)CC1)NC1CCN(c2cccs2)CC1.I. The third-order valence-electron chi connectivity index (χ3n) is 5.60. The molecule has 0 aliphatic carbocycles. The van der Waals surface area contributed by atoms with Crippen molar-refractivity contribution in [2.75, 3.05) is 70.3 Å². The summed E-state index contributed by atoms with van der Waals surface area (Å²) in [6.07, 6.45) is 2.34. The number of halogens is 1. The Kier molecular flexibility index (Phi) is 10.9. The van der Waals surface area contributed by atoms with E-state index in [4.69, 9.17) is 4.99 Å². The lowest BCUT2D eigenvalue weighted by molar-refractivity contribution is 0.140. The standard InChI is InChI=1S/C20H36N6S.HI/c1-3-21-20(22-9-12-25-15-13-24(4-2)14-16-25)23-18-7-10-26(11-8-18)19-6-5-17-27-19;/h5-6,17-18H,3-4,7-16H2,1-2H3,(H2,21,22,23);1H. The molecule has 2 fully saturated rings. The predicted molar refractivity (Wildman–Crippen MR) is 133 cm³/mol. The van der Waals surface area contributed by atoms with Gasteiger partial charge in [0.15, 0.2) is 5.96 Å². The number of guanidine groups is 1. The smallest absolute Gasteiger partial charge is 0.191 e. The van der Waals surface area contributed by atoms with E-state index in [0.717, 1.165) is 38.7 Å². The number of likely N-dealkylation sites (N-methyl/N-ethyl adjacent to an activating group) is 1. The van der Waals surface area contributed by atoms with Crippen LogP contribution in [-0.2, 0) is 0 Å². The molecule has 8 heteroatoms. The van der Waals surface area contributed by atoms with Gasteiger partial charge in [-0.25, -0.2) is 0 Å². The van der Waals surface area contributed by atoms with Crippen molar-refractivity contribution in [3.63, 3.8) is 0 Å². The lowest BCUT2D eigenvalue weighted by atomic mass is 10.1. The first-order valence-corrected chi connectivity index (χ1v) is 11.4. The Hall–Kier alpha value is -0.580. The minimum absolute atomic E-state index is 0. The molecule has 0 spiro atoms. The number of nitrogens with one attached hydrogen (secondary N) is 2. The summed E-state index contributed by atoms with van der Waals surface area (Å²) in [5.74, 6) is 0.985. The second-order valence-electron chi connectivity index (χ2n) is 7.39. The average molecular weight is 521 g/mol. The number of piperidine rings is 1. The summed E-state index contributed by atoms with van der Waals surface area (Å²) in [5, 5.41) is 10.7. The van der Waals surface area contributed by atoms with Crippen LogP contribution in [0.15, 0.2) is 22.5 Å². The van der Waals surface area contributed by atoms with Crippen LogP contribution in [0.1, 0.15) is 26.7 Å². The molecule has 2 saturated heterocycles. The third-order valence-corrected chi connectivity index (χ3v) is 6.53. The molecule has 1 aromatic rings. The van der Waals surface area contributed by atoms with E-state index >= 15 is 0 Å². The molecule has 0 amide bonds. The van der Waals surface area contributed by atoms with E-state index < -0.39 is 0 Å². The normalized spacial score (nSPS) is 20.1. The molecule has 3 heterocycles. The van der Waals surface area contributed by atoms with Gasteiger partial charge >= 0.3 is 0 Å². The van der Waals surface area contributed by atoms with E-state index in [1.807, 2.05) is 11.3 Å². The zero-order valence-electron chi connectivity index (χ0n) is 17.4. The summed E-state index contributed by atoms with van der Waals surface area (Å²) in [7, 11) is 0. The quantitative estimate of drug-likeness (QED) is 0.329. The Labute approximate surface area is 191 Å². The summed E-state index contributed by atoms with van der Waals surface area (Å²) in [6.45, 7) is 15.4. The Balaban J connectivity index is 0.00000280. The fourth-order valence-electron chi connectivity index (χ4n) is 3.84. The molecule has 0 unspecified atom stereocenters. The van der Waals surface area contributed by atoms with Crippen LogP contribution in [0, 0.1) is 0 Å². The van der Waals surface area contributed by atoms with Crippen molar-refractivity contribution in [1.29, 1.82) is 0 Å². The highest BCUT2D eigenvalue weighted by atomic mass is 127. The van der Waals surface area contributed by atoms with E-state index in [0.29, 0.717) is 6.04 Å². The first kappa shape index (κ1) is 23.7. The van der Waals surface area contributed by atoms with Gasteiger partial charge in [0.1, 0.15) is 0 Å². The van der Waals surface area contributed by atoms with Gasteiger partial charge in [0.05, 0.1) is 11.5 Å². The van der Waals surface area contributed by atoms with Crippen LogP contribution in [0.2, 0.25) is 0 Å². The van der Waals surface area contributed by atoms with Crippen LogP contribution >= 0.6 is 35.3 Å². The first-order valence-electron chi connectivity index (χ1n) is 10.6. The van der Waals surface area contributed by atoms with Crippen LogP contribution in [0.5, 0.6) is 0 Å². The highest BCUT2D eigenvalue weighted by Gasteiger charge is 2.21. The van der Waals surface area contributed by atoms with Crippen molar-refractivity contribution in [3.05, 3.63) is 17.5 Å². The van der Waals surface area contributed by atoms with Crippen molar-refractivity contribution in [2.45, 2.75) is 32.7 Å². The van der Waals surface area contributed by atoms with Crippen LogP contribution in [-0.4, -0.2) is 87.2 Å². The summed E-state index contributed by atoms with van der Waals surface area (Å²) >= 11 is 1.84. The minimum atomic E-state index is 0. The van der Waals surface area contributed by atoms with E-state index in [9.17, 15) is 0 Å². The van der Waals surface area contributed by atoms with E-state index in [-0.39, 0.29) is 24.0 Å². The Morgan fingerprint density at radius 1 is 1.11 bits per heavy atom. The third kappa shape index (κ3) is 7.35. The Bertz CT molecular complexity index is 551. The molecular weight excluding hydrogens is 483 g/mol. The van der Waals surface area contributed by atoms with E-state index in [1.165, 1.54) is 50.6 Å². The molecule has 2 aliphatic rings. The molecule has 2 N–H and O–H groups in total. The lowest BCUT2D eigenvalue weighted by Gasteiger charge is -2.34. The number of anilines is 1. The Morgan fingerprint density at radius 2 is 1.82 bits per heavy atom. The summed E-state index contributed by atoms with van der Waals surface area (Å²) in [6, 6.07) is 4.89.